The van der Waals surface area contributed by atoms with Crippen LogP contribution in [0.2, 0.25) is 0 Å². The maximum absolute atomic E-state index is 12.0. The highest BCUT2D eigenvalue weighted by atomic mass is 16.7. The number of rotatable bonds is 3. The Bertz CT molecular complexity index is 750. The summed E-state index contributed by atoms with van der Waals surface area (Å²) in [6.07, 6.45) is 3.27. The third-order valence-corrected chi connectivity index (χ3v) is 3.47. The van der Waals surface area contributed by atoms with Gasteiger partial charge in [0.2, 0.25) is 12.7 Å². The molecule has 22 heavy (non-hydrogen) atoms. The molecule has 1 aliphatic heterocycles. The van der Waals surface area contributed by atoms with Crippen molar-refractivity contribution >= 4 is 17.7 Å². The summed E-state index contributed by atoms with van der Waals surface area (Å²) in [7, 11) is 0. The van der Waals surface area contributed by atoms with E-state index in [9.17, 15) is 4.79 Å². The predicted molar refractivity (Wildman–Crippen MR) is 86.1 cm³/mol. The van der Waals surface area contributed by atoms with Gasteiger partial charge in [0, 0.05) is 11.8 Å². The van der Waals surface area contributed by atoms with Crippen molar-refractivity contribution in [1.29, 1.82) is 0 Å². The Hall–Kier alpha value is -2.75. The molecule has 0 saturated heterocycles. The molecule has 4 nitrogen and oxygen atoms in total. The lowest BCUT2D eigenvalue weighted by Crippen LogP contribution is -2.09. The van der Waals surface area contributed by atoms with Crippen LogP contribution in [0.3, 0.4) is 0 Å². The van der Waals surface area contributed by atoms with Crippen LogP contribution in [0.4, 0.5) is 5.69 Å². The Morgan fingerprint density at radius 1 is 1.09 bits per heavy atom. The Kier molecular flexibility index (Phi) is 3.83. The quantitative estimate of drug-likeness (QED) is 0.879. The second-order valence-electron chi connectivity index (χ2n) is 5.25. The first-order valence-electron chi connectivity index (χ1n) is 7.08. The lowest BCUT2D eigenvalue weighted by Gasteiger charge is -2.07. The minimum Gasteiger partial charge on any atom is -0.454 e. The van der Waals surface area contributed by atoms with Gasteiger partial charge >= 0.3 is 0 Å². The van der Waals surface area contributed by atoms with Gasteiger partial charge in [-0.25, -0.2) is 0 Å². The standard InChI is InChI=1S/C18H17NO3/c1-12-3-4-13(2)15(9-12)19-18(20)8-6-14-5-7-16-17(10-14)22-11-21-16/h3-10H,11H2,1-2H3,(H,19,20). The summed E-state index contributed by atoms with van der Waals surface area (Å²) in [5.41, 5.74) is 3.87. The lowest BCUT2D eigenvalue weighted by molar-refractivity contribution is -0.111. The summed E-state index contributed by atoms with van der Waals surface area (Å²) < 4.78 is 10.6. The molecule has 0 saturated carbocycles. The fourth-order valence-electron chi connectivity index (χ4n) is 2.23. The number of amides is 1. The van der Waals surface area contributed by atoms with Gasteiger partial charge in [-0.2, -0.15) is 0 Å². The van der Waals surface area contributed by atoms with Gasteiger partial charge in [-0.15, -0.1) is 0 Å². The zero-order valence-corrected chi connectivity index (χ0v) is 12.6. The number of benzene rings is 2. The fourth-order valence-corrected chi connectivity index (χ4v) is 2.23. The van der Waals surface area contributed by atoms with Crippen molar-refractivity contribution in [3.63, 3.8) is 0 Å². The molecule has 1 N–H and O–H groups in total. The first-order chi connectivity index (χ1) is 10.6. The van der Waals surface area contributed by atoms with Gasteiger partial charge in [0.05, 0.1) is 0 Å². The van der Waals surface area contributed by atoms with Crippen molar-refractivity contribution in [3.05, 3.63) is 59.2 Å². The number of carbonyl (C=O) groups excluding carboxylic acids is 1. The smallest absolute Gasteiger partial charge is 0.248 e. The van der Waals surface area contributed by atoms with Crippen LogP contribution in [0, 0.1) is 13.8 Å². The summed E-state index contributed by atoms with van der Waals surface area (Å²) in [6.45, 7) is 4.21. The maximum Gasteiger partial charge on any atom is 0.248 e. The SMILES string of the molecule is Cc1ccc(C)c(NC(=O)C=Cc2ccc3c(c2)OCO3)c1. The van der Waals surface area contributed by atoms with Gasteiger partial charge in [-0.1, -0.05) is 18.2 Å². The van der Waals surface area contributed by atoms with Gasteiger partial charge in [0.1, 0.15) is 0 Å². The Labute approximate surface area is 129 Å². The Morgan fingerprint density at radius 3 is 2.77 bits per heavy atom. The van der Waals surface area contributed by atoms with E-state index in [1.807, 2.05) is 50.2 Å². The molecule has 2 aromatic rings. The van der Waals surface area contributed by atoms with Crippen molar-refractivity contribution in [2.75, 3.05) is 12.1 Å². The molecule has 0 atom stereocenters. The van der Waals surface area contributed by atoms with Crippen LogP contribution in [-0.2, 0) is 4.79 Å². The van der Waals surface area contributed by atoms with Crippen molar-refractivity contribution < 1.29 is 14.3 Å². The number of aryl methyl sites for hydroxylation is 2. The van der Waals surface area contributed by atoms with E-state index in [0.29, 0.717) is 5.75 Å². The Morgan fingerprint density at radius 2 is 1.91 bits per heavy atom. The third-order valence-electron chi connectivity index (χ3n) is 3.47. The molecule has 0 spiro atoms. The first kappa shape index (κ1) is 14.2. The Balaban J connectivity index is 1.70. The van der Waals surface area contributed by atoms with E-state index in [-0.39, 0.29) is 12.7 Å². The van der Waals surface area contributed by atoms with Crippen LogP contribution >= 0.6 is 0 Å². The second kappa shape index (κ2) is 5.93. The molecule has 0 bridgehead atoms. The molecule has 112 valence electrons. The minimum atomic E-state index is -0.161. The average Bonchev–Trinajstić information content (AvgIpc) is 2.96. The molecule has 0 unspecified atom stereocenters. The molecule has 3 rings (SSSR count). The summed E-state index contributed by atoms with van der Waals surface area (Å²) >= 11 is 0. The average molecular weight is 295 g/mol. The van der Waals surface area contributed by atoms with E-state index < -0.39 is 0 Å². The highest BCUT2D eigenvalue weighted by Gasteiger charge is 2.12. The maximum atomic E-state index is 12.0. The zero-order valence-electron chi connectivity index (χ0n) is 12.6. The van der Waals surface area contributed by atoms with Crippen LogP contribution in [0.15, 0.2) is 42.5 Å². The van der Waals surface area contributed by atoms with Gasteiger partial charge in [-0.3, -0.25) is 4.79 Å². The van der Waals surface area contributed by atoms with Crippen LogP contribution in [0.1, 0.15) is 16.7 Å². The van der Waals surface area contributed by atoms with Gasteiger partial charge in [0.15, 0.2) is 11.5 Å². The zero-order chi connectivity index (χ0) is 15.5. The fraction of sp³-hybridized carbons (Fsp3) is 0.167. The summed E-state index contributed by atoms with van der Waals surface area (Å²) in [6, 6.07) is 11.5. The van der Waals surface area contributed by atoms with Crippen LogP contribution in [0.5, 0.6) is 11.5 Å². The van der Waals surface area contributed by atoms with E-state index in [1.165, 1.54) is 6.08 Å². The van der Waals surface area contributed by atoms with Gasteiger partial charge in [0.25, 0.3) is 0 Å². The van der Waals surface area contributed by atoms with Crippen molar-refractivity contribution in [2.24, 2.45) is 0 Å². The molecular weight excluding hydrogens is 278 g/mol. The second-order valence-corrected chi connectivity index (χ2v) is 5.25. The topological polar surface area (TPSA) is 47.6 Å². The first-order valence-corrected chi connectivity index (χ1v) is 7.08. The molecule has 1 aliphatic rings. The number of hydrogen-bond acceptors (Lipinski definition) is 3. The van der Waals surface area contributed by atoms with Crippen LogP contribution in [0.25, 0.3) is 6.08 Å². The van der Waals surface area contributed by atoms with E-state index in [2.05, 4.69) is 5.32 Å². The number of fused-ring (bicyclic) bond motifs is 1. The molecule has 0 fully saturated rings. The van der Waals surface area contributed by atoms with Crippen LogP contribution < -0.4 is 14.8 Å². The summed E-state index contributed by atoms with van der Waals surface area (Å²) in [4.78, 5) is 12.0. The molecule has 1 heterocycles. The number of ether oxygens (including phenoxy) is 2. The number of hydrogen-bond donors (Lipinski definition) is 1. The molecule has 0 aliphatic carbocycles. The summed E-state index contributed by atoms with van der Waals surface area (Å²) in [5, 5.41) is 2.89. The van der Waals surface area contributed by atoms with E-state index in [1.54, 1.807) is 6.08 Å². The van der Waals surface area contributed by atoms with Crippen molar-refractivity contribution in [1.82, 2.24) is 0 Å². The van der Waals surface area contributed by atoms with Crippen molar-refractivity contribution in [3.8, 4) is 11.5 Å². The molecule has 2 aromatic carbocycles. The highest BCUT2D eigenvalue weighted by molar-refractivity contribution is 6.02. The lowest BCUT2D eigenvalue weighted by atomic mass is 10.1. The van der Waals surface area contributed by atoms with E-state index >= 15 is 0 Å². The number of nitrogens with one attached hydrogen (secondary N) is 1. The summed E-state index contributed by atoms with van der Waals surface area (Å²) in [5.74, 6) is 1.28. The predicted octanol–water partition coefficient (Wildman–Crippen LogP) is 3.68. The number of anilines is 1. The van der Waals surface area contributed by atoms with Gasteiger partial charge in [-0.05, 0) is 54.8 Å². The number of carbonyl (C=O) groups is 1. The highest BCUT2D eigenvalue weighted by Crippen LogP contribution is 2.32. The molecular formula is C18H17NO3. The minimum absolute atomic E-state index is 0.161. The van der Waals surface area contributed by atoms with E-state index in [0.717, 1.165) is 28.1 Å². The van der Waals surface area contributed by atoms with Gasteiger partial charge < -0.3 is 14.8 Å². The molecule has 0 radical (unpaired) electrons. The van der Waals surface area contributed by atoms with Crippen molar-refractivity contribution in [2.45, 2.75) is 13.8 Å². The van der Waals surface area contributed by atoms with E-state index in [4.69, 9.17) is 9.47 Å². The normalized spacial score (nSPS) is 12.6. The molecule has 1 amide bonds. The largest absolute Gasteiger partial charge is 0.454 e. The molecule has 0 aromatic heterocycles. The molecule has 4 heteroatoms. The monoisotopic (exact) mass is 295 g/mol. The third kappa shape index (κ3) is 3.11. The van der Waals surface area contributed by atoms with Crippen LogP contribution in [-0.4, -0.2) is 12.7 Å².